The third-order valence-corrected chi connectivity index (χ3v) is 11.7. The number of benzene rings is 10. The van der Waals surface area contributed by atoms with Crippen LogP contribution in [0.2, 0.25) is 0 Å². The molecular weight excluding hydrogens is 725 g/mol. The van der Waals surface area contributed by atoms with Crippen molar-refractivity contribution in [3.63, 3.8) is 0 Å². The molecule has 1 heterocycles. The van der Waals surface area contributed by atoms with Gasteiger partial charge in [-0.1, -0.05) is 212 Å². The first kappa shape index (κ1) is 35.2. The molecule has 11 rings (SSSR count). The third kappa shape index (κ3) is 6.51. The molecule has 0 amide bonds. The van der Waals surface area contributed by atoms with E-state index in [1.807, 2.05) is 0 Å². The predicted molar refractivity (Wildman–Crippen MR) is 253 cm³/mol. The van der Waals surface area contributed by atoms with Gasteiger partial charge >= 0.3 is 0 Å². The molecule has 2 nitrogen and oxygen atoms in total. The lowest BCUT2D eigenvalue weighted by Gasteiger charge is -2.15. The lowest BCUT2D eigenvalue weighted by Crippen LogP contribution is -1.97. The summed E-state index contributed by atoms with van der Waals surface area (Å²) in [4.78, 5) is 10.6. The van der Waals surface area contributed by atoms with Crippen molar-refractivity contribution in [3.05, 3.63) is 231 Å². The standard InChI is InChI=1S/C58H38N2/c1-3-14-39(15-4-1)40-26-28-41(29-27-40)46-20-13-21-48(36-46)55-38-56(52-25-12-11-22-49(52)42-16-5-2-6-17-42)60-58(59-55)45-32-30-44(31-33-45)57-51-24-10-8-19-47(51)37-54-50-23-9-7-18-43(50)34-35-53(54)57/h1-38H. The van der Waals surface area contributed by atoms with Crippen molar-refractivity contribution in [2.75, 3.05) is 0 Å². The second-order valence-electron chi connectivity index (χ2n) is 15.3. The van der Waals surface area contributed by atoms with Crippen LogP contribution in [0.1, 0.15) is 0 Å². The molecule has 0 fully saturated rings. The zero-order valence-corrected chi connectivity index (χ0v) is 32.8. The smallest absolute Gasteiger partial charge is 0.160 e. The van der Waals surface area contributed by atoms with Crippen LogP contribution >= 0.6 is 0 Å². The average molecular weight is 763 g/mol. The lowest BCUT2D eigenvalue weighted by atomic mass is 9.89. The van der Waals surface area contributed by atoms with Crippen LogP contribution in [0.25, 0.3) is 111 Å². The fourth-order valence-corrected chi connectivity index (χ4v) is 8.70. The fourth-order valence-electron chi connectivity index (χ4n) is 8.70. The van der Waals surface area contributed by atoms with Crippen LogP contribution in [0.3, 0.4) is 0 Å². The van der Waals surface area contributed by atoms with E-state index in [-0.39, 0.29) is 0 Å². The van der Waals surface area contributed by atoms with Crippen molar-refractivity contribution < 1.29 is 0 Å². The highest BCUT2D eigenvalue weighted by Crippen LogP contribution is 2.41. The summed E-state index contributed by atoms with van der Waals surface area (Å²) in [5.41, 5.74) is 14.2. The van der Waals surface area contributed by atoms with Gasteiger partial charge < -0.3 is 0 Å². The van der Waals surface area contributed by atoms with Crippen molar-refractivity contribution in [3.8, 4) is 78.4 Å². The van der Waals surface area contributed by atoms with Gasteiger partial charge in [0.1, 0.15) is 0 Å². The molecule has 60 heavy (non-hydrogen) atoms. The molecule has 2 heteroatoms. The third-order valence-electron chi connectivity index (χ3n) is 11.7. The van der Waals surface area contributed by atoms with Gasteiger partial charge in [-0.05, 0) is 95.0 Å². The van der Waals surface area contributed by atoms with Crippen molar-refractivity contribution >= 4 is 32.3 Å². The van der Waals surface area contributed by atoms with E-state index in [1.54, 1.807) is 0 Å². The quantitative estimate of drug-likeness (QED) is 0.119. The Balaban J connectivity index is 1.04. The Kier molecular flexibility index (Phi) is 8.87. The molecule has 11 aromatic rings. The SMILES string of the molecule is c1ccc(-c2ccc(-c3cccc(-c4cc(-c5ccccc5-c5ccccc5)nc(-c5ccc(-c6c7ccccc7cc7c6ccc6ccccc67)cc5)n4)c3)cc2)cc1. The Bertz CT molecular complexity index is 3330. The van der Waals surface area contributed by atoms with Crippen molar-refractivity contribution in [2.24, 2.45) is 0 Å². The van der Waals surface area contributed by atoms with E-state index in [4.69, 9.17) is 9.97 Å². The molecule has 0 atom stereocenters. The maximum absolute atomic E-state index is 5.33. The fraction of sp³-hybridized carbons (Fsp3) is 0. The highest BCUT2D eigenvalue weighted by atomic mass is 14.9. The van der Waals surface area contributed by atoms with Crippen LogP contribution in [0.4, 0.5) is 0 Å². The van der Waals surface area contributed by atoms with Crippen LogP contribution in [0.15, 0.2) is 231 Å². The number of fused-ring (bicyclic) bond motifs is 4. The summed E-state index contributed by atoms with van der Waals surface area (Å²) in [5, 5.41) is 7.48. The molecule has 0 spiro atoms. The Morgan fingerprint density at radius 3 is 1.53 bits per heavy atom. The molecular formula is C58H38N2. The van der Waals surface area contributed by atoms with Gasteiger partial charge in [0, 0.05) is 16.7 Å². The maximum atomic E-state index is 5.33. The molecule has 0 saturated heterocycles. The summed E-state index contributed by atoms with van der Waals surface area (Å²) in [7, 11) is 0. The van der Waals surface area contributed by atoms with Gasteiger partial charge in [-0.15, -0.1) is 0 Å². The molecule has 0 radical (unpaired) electrons. The van der Waals surface area contributed by atoms with Crippen LogP contribution in [-0.2, 0) is 0 Å². The van der Waals surface area contributed by atoms with Gasteiger partial charge in [0.15, 0.2) is 5.82 Å². The van der Waals surface area contributed by atoms with Gasteiger partial charge in [-0.25, -0.2) is 9.97 Å². The molecule has 0 N–H and O–H groups in total. The first-order valence-corrected chi connectivity index (χ1v) is 20.5. The molecule has 0 saturated carbocycles. The summed E-state index contributed by atoms with van der Waals surface area (Å²) in [5.74, 6) is 0.684. The normalized spacial score (nSPS) is 11.3. The minimum Gasteiger partial charge on any atom is -0.228 e. The monoisotopic (exact) mass is 762 g/mol. The maximum Gasteiger partial charge on any atom is 0.160 e. The molecule has 10 aromatic carbocycles. The zero-order valence-electron chi connectivity index (χ0n) is 32.8. The first-order chi connectivity index (χ1) is 29.7. The second-order valence-corrected chi connectivity index (χ2v) is 15.3. The number of aromatic nitrogens is 2. The summed E-state index contributed by atoms with van der Waals surface area (Å²) in [6.45, 7) is 0. The van der Waals surface area contributed by atoms with E-state index in [2.05, 4.69) is 231 Å². The minimum absolute atomic E-state index is 0.684. The van der Waals surface area contributed by atoms with E-state index < -0.39 is 0 Å². The highest BCUT2D eigenvalue weighted by molar-refractivity contribution is 6.20. The Morgan fingerprint density at radius 1 is 0.233 bits per heavy atom. The minimum atomic E-state index is 0.684. The van der Waals surface area contributed by atoms with E-state index in [0.717, 1.165) is 55.9 Å². The van der Waals surface area contributed by atoms with Gasteiger partial charge in [0.05, 0.1) is 11.4 Å². The molecule has 0 aliphatic rings. The summed E-state index contributed by atoms with van der Waals surface area (Å²) >= 11 is 0. The number of rotatable bonds is 7. The lowest BCUT2D eigenvalue weighted by molar-refractivity contribution is 1.18. The van der Waals surface area contributed by atoms with Crippen LogP contribution in [-0.4, -0.2) is 9.97 Å². The van der Waals surface area contributed by atoms with E-state index in [1.165, 1.54) is 49.0 Å². The van der Waals surface area contributed by atoms with Crippen LogP contribution in [0.5, 0.6) is 0 Å². The van der Waals surface area contributed by atoms with Gasteiger partial charge in [0.25, 0.3) is 0 Å². The highest BCUT2D eigenvalue weighted by Gasteiger charge is 2.17. The topological polar surface area (TPSA) is 25.8 Å². The summed E-state index contributed by atoms with van der Waals surface area (Å²) in [6.07, 6.45) is 0. The van der Waals surface area contributed by atoms with Crippen molar-refractivity contribution in [1.29, 1.82) is 0 Å². The van der Waals surface area contributed by atoms with Gasteiger partial charge in [0.2, 0.25) is 0 Å². The molecule has 0 aliphatic heterocycles. The zero-order chi connectivity index (χ0) is 39.8. The molecule has 0 aliphatic carbocycles. The molecule has 1 aromatic heterocycles. The van der Waals surface area contributed by atoms with E-state index in [9.17, 15) is 0 Å². The number of nitrogens with zero attached hydrogens (tertiary/aromatic N) is 2. The number of hydrogen-bond donors (Lipinski definition) is 0. The molecule has 0 bridgehead atoms. The van der Waals surface area contributed by atoms with Gasteiger partial charge in [-0.3, -0.25) is 0 Å². The van der Waals surface area contributed by atoms with Crippen LogP contribution < -0.4 is 0 Å². The Hall–Kier alpha value is -7.94. The largest absolute Gasteiger partial charge is 0.228 e. The van der Waals surface area contributed by atoms with E-state index in [0.29, 0.717) is 5.82 Å². The van der Waals surface area contributed by atoms with Crippen molar-refractivity contribution in [1.82, 2.24) is 9.97 Å². The molecule has 280 valence electrons. The van der Waals surface area contributed by atoms with E-state index >= 15 is 0 Å². The van der Waals surface area contributed by atoms with Gasteiger partial charge in [-0.2, -0.15) is 0 Å². The predicted octanol–water partition coefficient (Wildman–Crippen LogP) is 15.6. The Labute approximate surface area is 349 Å². The summed E-state index contributed by atoms with van der Waals surface area (Å²) in [6, 6.07) is 82.3. The molecule has 0 unspecified atom stereocenters. The average Bonchev–Trinajstić information content (AvgIpc) is 3.34. The first-order valence-electron chi connectivity index (χ1n) is 20.5. The second kappa shape index (κ2) is 15.1. The van der Waals surface area contributed by atoms with Crippen molar-refractivity contribution in [2.45, 2.75) is 0 Å². The number of hydrogen-bond acceptors (Lipinski definition) is 2. The van der Waals surface area contributed by atoms with Crippen LogP contribution in [0, 0.1) is 0 Å². The Morgan fingerprint density at radius 2 is 0.767 bits per heavy atom. The summed E-state index contributed by atoms with van der Waals surface area (Å²) < 4.78 is 0.